The molecule has 2 N–H and O–H groups in total. The summed E-state index contributed by atoms with van der Waals surface area (Å²) in [7, 11) is 1.63. The third kappa shape index (κ3) is 5.93. The highest BCUT2D eigenvalue weighted by molar-refractivity contribution is 7.85. The maximum atomic E-state index is 13.5. The van der Waals surface area contributed by atoms with Gasteiger partial charge in [-0.1, -0.05) is 51.1 Å². The lowest BCUT2D eigenvalue weighted by atomic mass is 9.86. The van der Waals surface area contributed by atoms with Crippen molar-refractivity contribution in [2.45, 2.75) is 26.2 Å². The Morgan fingerprint density at radius 2 is 1.59 bits per heavy atom. The number of ketones is 1. The van der Waals surface area contributed by atoms with E-state index >= 15 is 0 Å². The number of nitrogens with one attached hydrogen (secondary N) is 2. The predicted octanol–water partition coefficient (Wildman–Crippen LogP) is 5.74. The summed E-state index contributed by atoms with van der Waals surface area (Å²) in [5, 5.41) is 4.19. The van der Waals surface area contributed by atoms with Crippen LogP contribution in [0.3, 0.4) is 0 Å². The first-order valence-electron chi connectivity index (χ1n) is 12.2. The van der Waals surface area contributed by atoms with Crippen molar-refractivity contribution in [2.24, 2.45) is 0 Å². The number of methoxy groups -OCH3 is 2. The van der Waals surface area contributed by atoms with E-state index in [2.05, 4.69) is 15.0 Å². The Morgan fingerprint density at radius 3 is 2.18 bits per heavy atom. The van der Waals surface area contributed by atoms with Gasteiger partial charge in [-0.05, 0) is 51.6 Å². The number of rotatable bonds is 8. The standard InChI is InChI=1S/C30H31N3O5S/c1-30(2,3)19-15-24(28(38-5)25(16-19)33-39(6)36)32-29(35)27(34)23-13-12-20(21-9-7-8-10-22(21)23)18-11-14-26(37-4)31-17-18/h7-17,33H,1-6H3,(H,32,35). The summed E-state index contributed by atoms with van der Waals surface area (Å²) in [5.41, 5.74) is 3.34. The summed E-state index contributed by atoms with van der Waals surface area (Å²) in [4.78, 5) is 31.1. The van der Waals surface area contributed by atoms with Crippen molar-refractivity contribution in [2.75, 3.05) is 30.5 Å². The Balaban J connectivity index is 1.73. The third-order valence-corrected chi connectivity index (χ3v) is 6.80. The molecule has 4 rings (SSSR count). The smallest absolute Gasteiger partial charge is 0.296 e. The number of amides is 1. The SMILES string of the molecule is COc1ccc(-c2ccc(C(=O)C(=O)Nc3cc(C(C)(C)C)cc(NS(C)=O)c3OC)c3ccccc23)cn1. The van der Waals surface area contributed by atoms with E-state index in [1.54, 1.807) is 31.5 Å². The van der Waals surface area contributed by atoms with E-state index in [9.17, 15) is 13.8 Å². The molecule has 0 spiro atoms. The van der Waals surface area contributed by atoms with E-state index < -0.39 is 22.7 Å². The monoisotopic (exact) mass is 545 g/mol. The van der Waals surface area contributed by atoms with Crippen molar-refractivity contribution in [3.63, 3.8) is 0 Å². The average Bonchev–Trinajstić information content (AvgIpc) is 2.91. The molecule has 1 heterocycles. The molecule has 8 nitrogen and oxygen atoms in total. The molecule has 1 unspecified atom stereocenters. The molecule has 202 valence electrons. The molecule has 0 fully saturated rings. The van der Waals surface area contributed by atoms with Gasteiger partial charge in [0.15, 0.2) is 5.75 Å². The van der Waals surface area contributed by atoms with Crippen molar-refractivity contribution < 1.29 is 23.3 Å². The second-order valence-corrected chi connectivity index (χ2v) is 11.1. The molecule has 1 amide bonds. The highest BCUT2D eigenvalue weighted by Gasteiger charge is 2.25. The number of hydrogen-bond donors (Lipinski definition) is 2. The first-order chi connectivity index (χ1) is 18.5. The summed E-state index contributed by atoms with van der Waals surface area (Å²) < 4.78 is 25.5. The third-order valence-electron chi connectivity index (χ3n) is 6.29. The number of pyridine rings is 1. The van der Waals surface area contributed by atoms with Crippen molar-refractivity contribution in [1.82, 2.24) is 4.98 Å². The van der Waals surface area contributed by atoms with Gasteiger partial charge < -0.3 is 19.5 Å². The van der Waals surface area contributed by atoms with E-state index in [-0.39, 0.29) is 16.7 Å². The minimum atomic E-state index is -1.38. The number of ether oxygens (including phenoxy) is 2. The number of benzene rings is 3. The Hall–Kier alpha value is -4.24. The zero-order chi connectivity index (χ0) is 28.3. The van der Waals surface area contributed by atoms with E-state index in [1.807, 2.05) is 63.2 Å². The lowest BCUT2D eigenvalue weighted by Gasteiger charge is -2.23. The average molecular weight is 546 g/mol. The van der Waals surface area contributed by atoms with E-state index in [0.717, 1.165) is 22.1 Å². The number of Topliss-reactive ketones (excluding diaryl/α,β-unsaturated/α-hetero) is 1. The van der Waals surface area contributed by atoms with Crippen LogP contribution in [-0.2, 0) is 21.2 Å². The number of fused-ring (bicyclic) bond motifs is 1. The first-order valence-corrected chi connectivity index (χ1v) is 13.8. The van der Waals surface area contributed by atoms with Crippen molar-refractivity contribution in [3.8, 4) is 22.8 Å². The molecule has 0 bridgehead atoms. The van der Waals surface area contributed by atoms with Crippen LogP contribution < -0.4 is 19.5 Å². The second kappa shape index (κ2) is 11.2. The number of aromatic nitrogens is 1. The van der Waals surface area contributed by atoms with Crippen LogP contribution in [0.25, 0.3) is 21.9 Å². The molecule has 3 aromatic carbocycles. The fraction of sp³-hybridized carbons (Fsp3) is 0.233. The van der Waals surface area contributed by atoms with Crippen LogP contribution in [0.1, 0.15) is 36.7 Å². The number of hydrogen-bond acceptors (Lipinski definition) is 6. The zero-order valence-corrected chi connectivity index (χ0v) is 23.6. The quantitative estimate of drug-likeness (QED) is 0.216. The van der Waals surface area contributed by atoms with E-state index in [0.29, 0.717) is 22.6 Å². The lowest BCUT2D eigenvalue weighted by molar-refractivity contribution is -0.112. The first kappa shape index (κ1) is 27.8. The molecule has 0 radical (unpaired) electrons. The Kier molecular flexibility index (Phi) is 8.01. The van der Waals surface area contributed by atoms with Crippen LogP contribution in [0, 0.1) is 0 Å². The van der Waals surface area contributed by atoms with E-state index in [4.69, 9.17) is 9.47 Å². The van der Waals surface area contributed by atoms with Crippen molar-refractivity contribution in [1.29, 1.82) is 0 Å². The summed E-state index contributed by atoms with van der Waals surface area (Å²) in [6.45, 7) is 6.05. The normalized spacial score (nSPS) is 12.1. The van der Waals surface area contributed by atoms with Crippen LogP contribution in [0.2, 0.25) is 0 Å². The van der Waals surface area contributed by atoms with Gasteiger partial charge in [0.2, 0.25) is 5.88 Å². The molecular formula is C30H31N3O5S. The van der Waals surface area contributed by atoms with Gasteiger partial charge in [-0.3, -0.25) is 9.59 Å². The Labute approximate surface area is 230 Å². The molecule has 9 heteroatoms. The van der Waals surface area contributed by atoms with Crippen LogP contribution in [0.4, 0.5) is 11.4 Å². The van der Waals surface area contributed by atoms with Crippen molar-refractivity contribution >= 4 is 44.8 Å². The molecule has 0 aliphatic rings. The van der Waals surface area contributed by atoms with Crippen LogP contribution in [0.15, 0.2) is 66.9 Å². The van der Waals surface area contributed by atoms with Gasteiger partial charge in [0.1, 0.15) is 11.0 Å². The molecule has 0 saturated heterocycles. The summed E-state index contributed by atoms with van der Waals surface area (Å²) in [6.07, 6.45) is 3.21. The lowest BCUT2D eigenvalue weighted by Crippen LogP contribution is -2.24. The van der Waals surface area contributed by atoms with Crippen LogP contribution in [0.5, 0.6) is 11.6 Å². The van der Waals surface area contributed by atoms with Crippen molar-refractivity contribution in [3.05, 3.63) is 78.0 Å². The van der Waals surface area contributed by atoms with Gasteiger partial charge in [-0.2, -0.15) is 0 Å². The molecule has 39 heavy (non-hydrogen) atoms. The van der Waals surface area contributed by atoms with Crippen LogP contribution >= 0.6 is 0 Å². The minimum absolute atomic E-state index is 0.271. The van der Waals surface area contributed by atoms with E-state index in [1.165, 1.54) is 13.4 Å². The topological polar surface area (TPSA) is 107 Å². The molecule has 0 saturated carbocycles. The highest BCUT2D eigenvalue weighted by Crippen LogP contribution is 2.39. The number of anilines is 2. The van der Waals surface area contributed by atoms with Gasteiger partial charge in [0.25, 0.3) is 11.7 Å². The second-order valence-electron chi connectivity index (χ2n) is 9.99. The van der Waals surface area contributed by atoms with Gasteiger partial charge in [-0.15, -0.1) is 0 Å². The molecule has 1 aromatic heterocycles. The predicted molar refractivity (Wildman–Crippen MR) is 156 cm³/mol. The fourth-order valence-corrected chi connectivity index (χ4v) is 4.78. The van der Waals surface area contributed by atoms with Gasteiger partial charge in [0, 0.05) is 29.6 Å². The highest BCUT2D eigenvalue weighted by atomic mass is 32.2. The van der Waals surface area contributed by atoms with Gasteiger partial charge >= 0.3 is 0 Å². The van der Waals surface area contributed by atoms with Gasteiger partial charge in [0.05, 0.1) is 25.6 Å². The van der Waals surface area contributed by atoms with Crippen LogP contribution in [-0.4, -0.2) is 41.4 Å². The summed E-state index contributed by atoms with van der Waals surface area (Å²) in [5.74, 6) is -0.720. The summed E-state index contributed by atoms with van der Waals surface area (Å²) in [6, 6.07) is 18.2. The largest absolute Gasteiger partial charge is 0.492 e. The molecular weight excluding hydrogens is 514 g/mol. The maximum Gasteiger partial charge on any atom is 0.296 e. The summed E-state index contributed by atoms with van der Waals surface area (Å²) >= 11 is 0. The minimum Gasteiger partial charge on any atom is -0.492 e. The molecule has 0 aliphatic heterocycles. The van der Waals surface area contributed by atoms with Gasteiger partial charge in [-0.25, -0.2) is 9.19 Å². The number of carbonyl (C=O) groups excluding carboxylic acids is 2. The molecule has 4 aromatic rings. The molecule has 1 atom stereocenters. The fourth-order valence-electron chi connectivity index (χ4n) is 4.32. The number of nitrogens with zero attached hydrogens (tertiary/aromatic N) is 1. The molecule has 0 aliphatic carbocycles. The zero-order valence-electron chi connectivity index (χ0n) is 22.7. The number of carbonyl (C=O) groups is 2. The maximum absolute atomic E-state index is 13.5. The Morgan fingerprint density at radius 1 is 0.897 bits per heavy atom. The Bertz CT molecular complexity index is 1580.